The first-order valence-corrected chi connectivity index (χ1v) is 5.59. The number of urea groups is 1. The smallest absolute Gasteiger partial charge is 0.326 e. The number of hydrogen-bond donors (Lipinski definition) is 1. The molecule has 3 amide bonds. The largest absolute Gasteiger partial charge is 0.463 e. The quantitative estimate of drug-likeness (QED) is 0.633. The van der Waals surface area contributed by atoms with Gasteiger partial charge < -0.3 is 9.73 Å². The highest BCUT2D eigenvalue weighted by Crippen LogP contribution is 2.29. The number of hydrogen-bond acceptors (Lipinski definition) is 3. The molecule has 0 spiro atoms. The van der Waals surface area contributed by atoms with Crippen molar-refractivity contribution >= 4 is 11.9 Å². The average Bonchev–Trinajstić information content (AvgIpc) is 2.83. The van der Waals surface area contributed by atoms with Gasteiger partial charge in [0.1, 0.15) is 11.5 Å². The molecule has 0 radical (unpaired) electrons. The van der Waals surface area contributed by atoms with E-state index in [2.05, 4.69) is 17.2 Å². The molecule has 1 aliphatic heterocycles. The molecule has 1 aliphatic rings. The molecule has 1 fully saturated rings. The van der Waals surface area contributed by atoms with Crippen molar-refractivity contribution in [1.82, 2.24) is 10.2 Å². The fourth-order valence-electron chi connectivity index (χ4n) is 1.87. The third-order valence-corrected chi connectivity index (χ3v) is 2.92. The van der Waals surface area contributed by atoms with Crippen LogP contribution in [0.5, 0.6) is 0 Å². The second-order valence-electron chi connectivity index (χ2n) is 4.28. The number of carbonyl (C=O) groups is 2. The van der Waals surface area contributed by atoms with Crippen LogP contribution in [0.4, 0.5) is 4.79 Å². The molecule has 2 rings (SSSR count). The van der Waals surface area contributed by atoms with Crippen LogP contribution in [0.15, 0.2) is 16.5 Å². The highest BCUT2D eigenvalue weighted by Gasteiger charge is 2.50. The van der Waals surface area contributed by atoms with Crippen molar-refractivity contribution in [1.29, 1.82) is 0 Å². The van der Waals surface area contributed by atoms with Crippen molar-refractivity contribution in [3.05, 3.63) is 23.7 Å². The number of nitrogens with one attached hydrogen (secondary N) is 1. The number of imide groups is 1. The maximum Gasteiger partial charge on any atom is 0.326 e. The molecule has 5 nitrogen and oxygen atoms in total. The number of carbonyl (C=O) groups excluding carboxylic acids is 2. The van der Waals surface area contributed by atoms with E-state index in [1.807, 2.05) is 0 Å². The first-order valence-electron chi connectivity index (χ1n) is 5.59. The number of furan rings is 1. The molecule has 94 valence electrons. The molecule has 1 N–H and O–H groups in total. The van der Waals surface area contributed by atoms with E-state index in [1.165, 1.54) is 0 Å². The molecule has 5 heteroatoms. The highest BCUT2D eigenvalue weighted by molar-refractivity contribution is 6.07. The zero-order valence-corrected chi connectivity index (χ0v) is 10.5. The Morgan fingerprint density at radius 1 is 1.44 bits per heavy atom. The van der Waals surface area contributed by atoms with Gasteiger partial charge >= 0.3 is 6.03 Å². The van der Waals surface area contributed by atoms with Gasteiger partial charge in [0.2, 0.25) is 0 Å². The number of nitrogens with zero attached hydrogens (tertiary/aromatic N) is 1. The first-order chi connectivity index (χ1) is 8.49. The Morgan fingerprint density at radius 2 is 2.17 bits per heavy atom. The van der Waals surface area contributed by atoms with Crippen LogP contribution in [0, 0.1) is 18.8 Å². The van der Waals surface area contributed by atoms with Crippen LogP contribution in [0.25, 0.3) is 0 Å². The molecule has 1 saturated heterocycles. The third-order valence-electron chi connectivity index (χ3n) is 2.92. The monoisotopic (exact) mass is 246 g/mol. The minimum atomic E-state index is -1.14. The van der Waals surface area contributed by atoms with E-state index in [0.717, 1.165) is 4.90 Å². The van der Waals surface area contributed by atoms with Crippen LogP contribution in [0.2, 0.25) is 0 Å². The number of amides is 3. The maximum absolute atomic E-state index is 12.3. The van der Waals surface area contributed by atoms with Gasteiger partial charge in [-0.3, -0.25) is 9.69 Å². The van der Waals surface area contributed by atoms with Crippen molar-refractivity contribution in [3.8, 4) is 11.8 Å². The zero-order valence-electron chi connectivity index (χ0n) is 10.5. The number of rotatable bonds is 2. The summed E-state index contributed by atoms with van der Waals surface area (Å²) >= 11 is 0. The van der Waals surface area contributed by atoms with Crippen molar-refractivity contribution in [2.75, 3.05) is 6.54 Å². The van der Waals surface area contributed by atoms with Gasteiger partial charge in [-0.15, -0.1) is 5.92 Å². The van der Waals surface area contributed by atoms with Crippen LogP contribution in [-0.2, 0) is 10.3 Å². The van der Waals surface area contributed by atoms with Gasteiger partial charge in [0.15, 0.2) is 5.54 Å². The average molecular weight is 246 g/mol. The first kappa shape index (κ1) is 12.2. The maximum atomic E-state index is 12.3. The van der Waals surface area contributed by atoms with E-state index in [4.69, 9.17) is 4.42 Å². The predicted molar refractivity (Wildman–Crippen MR) is 64.5 cm³/mol. The predicted octanol–water partition coefficient (Wildman–Crippen LogP) is 1.38. The van der Waals surface area contributed by atoms with E-state index >= 15 is 0 Å². The second kappa shape index (κ2) is 4.22. The second-order valence-corrected chi connectivity index (χ2v) is 4.28. The lowest BCUT2D eigenvalue weighted by molar-refractivity contribution is -0.131. The summed E-state index contributed by atoms with van der Waals surface area (Å²) in [5.41, 5.74) is -1.14. The molecule has 0 aromatic carbocycles. The van der Waals surface area contributed by atoms with E-state index in [-0.39, 0.29) is 12.5 Å². The molecule has 0 aliphatic carbocycles. The van der Waals surface area contributed by atoms with E-state index < -0.39 is 11.6 Å². The summed E-state index contributed by atoms with van der Waals surface area (Å²) in [7, 11) is 0. The van der Waals surface area contributed by atoms with Crippen molar-refractivity contribution in [2.24, 2.45) is 0 Å². The minimum Gasteiger partial charge on any atom is -0.463 e. The van der Waals surface area contributed by atoms with Crippen LogP contribution in [-0.4, -0.2) is 23.4 Å². The normalized spacial score (nSPS) is 22.7. The Kier molecular flexibility index (Phi) is 2.87. The molecule has 2 heterocycles. The lowest BCUT2D eigenvalue weighted by Gasteiger charge is -2.18. The Hall–Kier alpha value is -2.22. The Labute approximate surface area is 105 Å². The summed E-state index contributed by atoms with van der Waals surface area (Å²) in [6.07, 6.45) is 0. The fourth-order valence-corrected chi connectivity index (χ4v) is 1.87. The molecule has 1 unspecified atom stereocenters. The van der Waals surface area contributed by atoms with Gasteiger partial charge in [-0.1, -0.05) is 5.92 Å². The lowest BCUT2D eigenvalue weighted by atomic mass is 9.99. The number of aryl methyl sites for hydroxylation is 1. The summed E-state index contributed by atoms with van der Waals surface area (Å²) in [5, 5.41) is 2.64. The zero-order chi connectivity index (χ0) is 13.3. The third kappa shape index (κ3) is 1.76. The minimum absolute atomic E-state index is 0.0937. The molecule has 1 aromatic heterocycles. The van der Waals surface area contributed by atoms with Crippen molar-refractivity contribution in [3.63, 3.8) is 0 Å². The fraction of sp³-hybridized carbons (Fsp3) is 0.385. The van der Waals surface area contributed by atoms with Crippen LogP contribution in [0.1, 0.15) is 25.4 Å². The summed E-state index contributed by atoms with van der Waals surface area (Å²) < 4.78 is 5.44. The van der Waals surface area contributed by atoms with Gasteiger partial charge in [0.05, 0.1) is 6.54 Å². The molecule has 0 saturated carbocycles. The highest BCUT2D eigenvalue weighted by atomic mass is 16.3. The molecule has 0 bridgehead atoms. The molecule has 1 atom stereocenters. The topological polar surface area (TPSA) is 62.6 Å². The summed E-state index contributed by atoms with van der Waals surface area (Å²) in [5.74, 6) is 6.16. The van der Waals surface area contributed by atoms with E-state index in [0.29, 0.717) is 11.5 Å². The van der Waals surface area contributed by atoms with E-state index in [9.17, 15) is 9.59 Å². The van der Waals surface area contributed by atoms with Crippen LogP contribution < -0.4 is 5.32 Å². The van der Waals surface area contributed by atoms with Crippen molar-refractivity contribution < 1.29 is 14.0 Å². The van der Waals surface area contributed by atoms with Gasteiger partial charge in [-0.05, 0) is 32.9 Å². The van der Waals surface area contributed by atoms with Gasteiger partial charge in [0.25, 0.3) is 5.91 Å². The summed E-state index contributed by atoms with van der Waals surface area (Å²) in [4.78, 5) is 25.1. The Balaban J connectivity index is 2.33. The SMILES string of the molecule is CC#CCN1C(=O)NC(C)(c2ccc(C)o2)C1=O. The molecular formula is C13H14N2O3. The Morgan fingerprint density at radius 3 is 2.72 bits per heavy atom. The summed E-state index contributed by atoms with van der Waals surface area (Å²) in [6, 6.07) is 3.01. The van der Waals surface area contributed by atoms with Crippen molar-refractivity contribution in [2.45, 2.75) is 26.3 Å². The van der Waals surface area contributed by atoms with Gasteiger partial charge in [-0.2, -0.15) is 0 Å². The van der Waals surface area contributed by atoms with Gasteiger partial charge in [-0.25, -0.2) is 4.79 Å². The molecule has 18 heavy (non-hydrogen) atoms. The van der Waals surface area contributed by atoms with Crippen LogP contribution in [0.3, 0.4) is 0 Å². The Bertz CT molecular complexity index is 564. The molecular weight excluding hydrogens is 232 g/mol. The standard InChI is InChI=1S/C13H14N2O3/c1-4-5-8-15-11(16)13(3,14-12(15)17)10-7-6-9(2)18-10/h6-7H,8H2,1-3H3,(H,14,17). The molecule has 1 aromatic rings. The lowest BCUT2D eigenvalue weighted by Crippen LogP contribution is -2.40. The summed E-state index contributed by atoms with van der Waals surface area (Å²) in [6.45, 7) is 5.17. The van der Waals surface area contributed by atoms with Crippen LogP contribution >= 0.6 is 0 Å². The van der Waals surface area contributed by atoms with Gasteiger partial charge in [0, 0.05) is 0 Å². The van der Waals surface area contributed by atoms with E-state index in [1.54, 1.807) is 32.9 Å².